The van der Waals surface area contributed by atoms with Gasteiger partial charge < -0.3 is 5.32 Å². The van der Waals surface area contributed by atoms with E-state index in [9.17, 15) is 36.9 Å². The molecule has 198 valence electrons. The van der Waals surface area contributed by atoms with E-state index in [1.165, 1.54) is 37.4 Å². The van der Waals surface area contributed by atoms with E-state index < -0.39 is 33.8 Å². The van der Waals surface area contributed by atoms with Crippen LogP contribution in [0, 0.1) is 29.6 Å². The Morgan fingerprint density at radius 2 is 1.79 bits per heavy atom. The van der Waals surface area contributed by atoms with Gasteiger partial charge in [-0.1, -0.05) is 12.1 Å². The highest BCUT2D eigenvalue weighted by Gasteiger charge is 2.37. The van der Waals surface area contributed by atoms with E-state index in [1.807, 2.05) is 12.1 Å². The zero-order chi connectivity index (χ0) is 28.5. The van der Waals surface area contributed by atoms with E-state index >= 15 is 0 Å². The first kappa shape index (κ1) is 27.2. The lowest BCUT2D eigenvalue weighted by atomic mass is 9.94. The quantitative estimate of drug-likeness (QED) is 0.449. The van der Waals surface area contributed by atoms with Crippen molar-refractivity contribution < 1.29 is 26.4 Å². The number of aryl methyl sites for hydroxylation is 1. The zero-order valence-corrected chi connectivity index (χ0v) is 21.2. The molecule has 1 aliphatic heterocycles. The zero-order valence-electron chi connectivity index (χ0n) is 20.4. The lowest BCUT2D eigenvalue weighted by molar-refractivity contribution is -0.137. The molecule has 0 aliphatic carbocycles. The number of amides is 2. The largest absolute Gasteiger partial charge is 0.416 e. The molecule has 3 aromatic rings. The maximum absolute atomic E-state index is 13.4. The summed E-state index contributed by atoms with van der Waals surface area (Å²) in [6, 6.07) is 12.5. The van der Waals surface area contributed by atoms with Crippen LogP contribution in [-0.2, 0) is 16.2 Å². The van der Waals surface area contributed by atoms with Gasteiger partial charge in [-0.25, -0.2) is 13.2 Å². The van der Waals surface area contributed by atoms with Gasteiger partial charge in [-0.15, -0.1) is 0 Å². The van der Waals surface area contributed by atoms with Gasteiger partial charge in [0.2, 0.25) is 0 Å². The van der Waals surface area contributed by atoms with Crippen LogP contribution in [-0.4, -0.2) is 19.4 Å². The van der Waals surface area contributed by atoms with Crippen LogP contribution in [0.15, 0.2) is 77.0 Å². The van der Waals surface area contributed by atoms with Crippen molar-refractivity contribution in [2.45, 2.75) is 31.0 Å². The number of rotatable bonds is 5. The van der Waals surface area contributed by atoms with Gasteiger partial charge in [0.05, 0.1) is 57.3 Å². The molecule has 0 spiro atoms. The standard InChI is InChI=1S/C26H19F3N6O3S/c1-15-6-8-19(14-32-15)34-39(37,38)23-10-17(12-30)7-9-21(23)24-22(13-31)16(2)35(25(36)33-24)20-5-3-4-18(11-20)26(27,28)29/h3-11,14,24,34H,1-2H3,(H,33,36)/t24-/m1/s1. The van der Waals surface area contributed by atoms with Gasteiger partial charge in [-0.2, -0.15) is 23.7 Å². The van der Waals surface area contributed by atoms with Gasteiger partial charge in [0.15, 0.2) is 0 Å². The van der Waals surface area contributed by atoms with Crippen molar-refractivity contribution in [3.8, 4) is 12.1 Å². The first-order valence-corrected chi connectivity index (χ1v) is 12.7. The lowest BCUT2D eigenvalue weighted by Crippen LogP contribution is -2.47. The second kappa shape index (κ2) is 10.1. The number of carbonyl (C=O) groups is 1. The van der Waals surface area contributed by atoms with Crippen molar-refractivity contribution >= 4 is 27.4 Å². The number of carbonyl (C=O) groups excluding carboxylic acids is 1. The molecule has 2 aromatic carbocycles. The number of allylic oxidation sites excluding steroid dienone is 1. The summed E-state index contributed by atoms with van der Waals surface area (Å²) in [7, 11) is -4.36. The van der Waals surface area contributed by atoms with E-state index in [2.05, 4.69) is 15.0 Å². The number of sulfonamides is 1. The molecule has 4 rings (SSSR count). The molecule has 9 nitrogen and oxygen atoms in total. The van der Waals surface area contributed by atoms with Crippen LogP contribution in [0.4, 0.5) is 29.3 Å². The Morgan fingerprint density at radius 3 is 2.41 bits per heavy atom. The summed E-state index contributed by atoms with van der Waals surface area (Å²) < 4.78 is 69.0. The highest BCUT2D eigenvalue weighted by atomic mass is 32.2. The molecule has 2 heterocycles. The van der Waals surface area contributed by atoms with Gasteiger partial charge >= 0.3 is 12.2 Å². The minimum atomic E-state index is -4.66. The Labute approximate surface area is 221 Å². The third-order valence-electron chi connectivity index (χ3n) is 5.94. The molecule has 13 heteroatoms. The summed E-state index contributed by atoms with van der Waals surface area (Å²) >= 11 is 0. The fourth-order valence-electron chi connectivity index (χ4n) is 4.07. The van der Waals surface area contributed by atoms with Crippen molar-refractivity contribution in [2.75, 3.05) is 9.62 Å². The molecule has 1 aromatic heterocycles. The number of anilines is 2. The predicted molar refractivity (Wildman–Crippen MR) is 134 cm³/mol. The highest BCUT2D eigenvalue weighted by Crippen LogP contribution is 2.38. The van der Waals surface area contributed by atoms with Crippen molar-refractivity contribution in [2.24, 2.45) is 0 Å². The maximum Gasteiger partial charge on any atom is 0.416 e. The van der Waals surface area contributed by atoms with Crippen LogP contribution in [0.5, 0.6) is 0 Å². The van der Waals surface area contributed by atoms with Crippen LogP contribution in [0.2, 0.25) is 0 Å². The van der Waals surface area contributed by atoms with Crippen LogP contribution < -0.4 is 14.9 Å². The number of aromatic nitrogens is 1. The average molecular weight is 553 g/mol. The average Bonchev–Trinajstić information content (AvgIpc) is 2.89. The number of alkyl halides is 3. The highest BCUT2D eigenvalue weighted by molar-refractivity contribution is 7.92. The number of nitriles is 2. The molecule has 39 heavy (non-hydrogen) atoms. The summed E-state index contributed by atoms with van der Waals surface area (Å²) in [5.74, 6) is 0. The number of hydrogen-bond donors (Lipinski definition) is 2. The molecule has 0 fully saturated rings. The molecule has 2 N–H and O–H groups in total. The normalized spacial score (nSPS) is 15.8. The van der Waals surface area contributed by atoms with E-state index in [1.54, 1.807) is 13.0 Å². The number of halogens is 3. The number of nitrogens with zero attached hydrogens (tertiary/aromatic N) is 4. The summed E-state index contributed by atoms with van der Waals surface area (Å²) in [5, 5.41) is 21.9. The van der Waals surface area contributed by atoms with Gasteiger partial charge in [0.25, 0.3) is 10.0 Å². The van der Waals surface area contributed by atoms with E-state index in [4.69, 9.17) is 0 Å². The third kappa shape index (κ3) is 5.39. The summed E-state index contributed by atoms with van der Waals surface area (Å²) in [5.41, 5.74) is -0.434. The second-order valence-corrected chi connectivity index (χ2v) is 10.2. The predicted octanol–water partition coefficient (Wildman–Crippen LogP) is 5.15. The Kier molecular flexibility index (Phi) is 7.05. The first-order chi connectivity index (χ1) is 18.4. The number of hydrogen-bond acceptors (Lipinski definition) is 6. The van der Waals surface area contributed by atoms with Crippen LogP contribution in [0.1, 0.15) is 35.3 Å². The van der Waals surface area contributed by atoms with Gasteiger partial charge in [0.1, 0.15) is 0 Å². The molecule has 0 unspecified atom stereocenters. The molecule has 0 saturated carbocycles. The minimum absolute atomic E-state index is 0.00749. The Hall–Kier alpha value is -4.88. The number of benzene rings is 2. The minimum Gasteiger partial charge on any atom is -0.326 e. The molecule has 0 radical (unpaired) electrons. The molecule has 0 bridgehead atoms. The van der Waals surface area contributed by atoms with Gasteiger partial charge in [-0.05, 0) is 56.3 Å². The third-order valence-corrected chi connectivity index (χ3v) is 7.38. The topological polar surface area (TPSA) is 139 Å². The Morgan fingerprint density at radius 1 is 1.05 bits per heavy atom. The molecule has 1 aliphatic rings. The monoisotopic (exact) mass is 552 g/mol. The molecular weight excluding hydrogens is 533 g/mol. The SMILES string of the molecule is CC1=C(C#N)[C@@H](c2ccc(C#N)cc2S(=O)(=O)Nc2ccc(C)nc2)NC(=O)N1c1cccc(C(F)(F)F)c1. The van der Waals surface area contributed by atoms with E-state index in [0.717, 1.165) is 29.2 Å². The molecular formula is C26H19F3N6O3S. The van der Waals surface area contributed by atoms with Crippen molar-refractivity contribution in [1.82, 2.24) is 10.3 Å². The van der Waals surface area contributed by atoms with Crippen molar-refractivity contribution in [3.05, 3.63) is 94.4 Å². The molecule has 2 amide bonds. The van der Waals surface area contributed by atoms with Crippen LogP contribution >= 0.6 is 0 Å². The van der Waals surface area contributed by atoms with Crippen LogP contribution in [0.25, 0.3) is 0 Å². The summed E-state index contributed by atoms with van der Waals surface area (Å²) in [6.45, 7) is 3.10. The van der Waals surface area contributed by atoms with Crippen LogP contribution in [0.3, 0.4) is 0 Å². The van der Waals surface area contributed by atoms with E-state index in [-0.39, 0.29) is 38.7 Å². The smallest absolute Gasteiger partial charge is 0.326 e. The van der Waals surface area contributed by atoms with Crippen molar-refractivity contribution in [3.63, 3.8) is 0 Å². The number of pyridine rings is 1. The lowest BCUT2D eigenvalue weighted by Gasteiger charge is -2.34. The summed E-state index contributed by atoms with van der Waals surface area (Å²) in [4.78, 5) is 17.8. The van der Waals surface area contributed by atoms with Crippen molar-refractivity contribution in [1.29, 1.82) is 10.5 Å². The van der Waals surface area contributed by atoms with Gasteiger partial charge in [0, 0.05) is 17.0 Å². The van der Waals surface area contributed by atoms with E-state index in [0.29, 0.717) is 5.69 Å². The first-order valence-electron chi connectivity index (χ1n) is 11.2. The number of nitrogens with one attached hydrogen (secondary N) is 2. The maximum atomic E-state index is 13.4. The van der Waals surface area contributed by atoms with Gasteiger partial charge in [-0.3, -0.25) is 14.6 Å². The number of urea groups is 1. The second-order valence-electron chi connectivity index (χ2n) is 8.54. The molecule has 1 atom stereocenters. The Balaban J connectivity index is 1.83. The Bertz CT molecular complexity index is 1690. The fourth-order valence-corrected chi connectivity index (χ4v) is 5.39. The fraction of sp³-hybridized carbons (Fsp3) is 0.154. The summed E-state index contributed by atoms with van der Waals surface area (Å²) in [6.07, 6.45) is -3.35. The molecule has 0 saturated heterocycles.